The third-order valence-corrected chi connectivity index (χ3v) is 3.75. The number of hydrogen-bond donors (Lipinski definition) is 2. The summed E-state index contributed by atoms with van der Waals surface area (Å²) in [6.07, 6.45) is 1.08. The van der Waals surface area contributed by atoms with Crippen LogP contribution in [-0.4, -0.2) is 19.1 Å². The van der Waals surface area contributed by atoms with E-state index in [4.69, 9.17) is 10.5 Å². The van der Waals surface area contributed by atoms with Gasteiger partial charge in [-0.3, -0.25) is 0 Å². The van der Waals surface area contributed by atoms with Gasteiger partial charge in [0.2, 0.25) is 0 Å². The molecule has 0 bridgehead atoms. The van der Waals surface area contributed by atoms with Crippen molar-refractivity contribution in [2.24, 2.45) is 10.7 Å². The Bertz CT molecular complexity index is 626. The Morgan fingerprint density at radius 3 is 2.57 bits per heavy atom. The maximum Gasteiger partial charge on any atom is 0.193 e. The molecule has 0 saturated carbocycles. The molecule has 0 amide bonds. The van der Waals surface area contributed by atoms with Crippen molar-refractivity contribution in [1.29, 1.82) is 0 Å². The first-order valence-electron chi connectivity index (χ1n) is 8.04. The van der Waals surface area contributed by atoms with Crippen LogP contribution < -0.4 is 15.8 Å². The number of nitrogens with two attached hydrogens (primary N) is 1. The zero-order valence-electron chi connectivity index (χ0n) is 13.8. The Morgan fingerprint density at radius 2 is 1.83 bits per heavy atom. The van der Waals surface area contributed by atoms with Gasteiger partial charge in [-0.2, -0.15) is 0 Å². The molecule has 2 aromatic rings. The summed E-state index contributed by atoms with van der Waals surface area (Å²) in [7, 11) is 0. The van der Waals surface area contributed by atoms with E-state index in [1.54, 1.807) is 0 Å². The van der Waals surface area contributed by atoms with E-state index in [1.807, 2.05) is 48.5 Å². The van der Waals surface area contributed by atoms with Crippen molar-refractivity contribution in [2.45, 2.75) is 26.2 Å². The van der Waals surface area contributed by atoms with E-state index in [-0.39, 0.29) is 0 Å². The van der Waals surface area contributed by atoms with Gasteiger partial charge in [0, 0.05) is 5.69 Å². The fraction of sp³-hybridized carbons (Fsp3) is 0.316. The number of nitrogens with one attached hydrogen (secondary N) is 1. The summed E-state index contributed by atoms with van der Waals surface area (Å²) in [5.41, 5.74) is 8.26. The van der Waals surface area contributed by atoms with Crippen molar-refractivity contribution < 1.29 is 4.74 Å². The first-order valence-corrected chi connectivity index (χ1v) is 8.04. The molecule has 1 atom stereocenters. The molecule has 2 aromatic carbocycles. The number of benzene rings is 2. The van der Waals surface area contributed by atoms with E-state index < -0.39 is 0 Å². The number of ether oxygens (including phenoxy) is 1. The minimum Gasteiger partial charge on any atom is -0.492 e. The molecule has 0 aromatic heterocycles. The standard InChI is InChI=1S/C19H25N3O/c1-3-15(2)17-11-7-8-12-18(17)22-19(20)21-13-14-23-16-9-5-4-6-10-16/h4-12,15H,3,13-14H2,1-2H3,(H3,20,21,22). The second kappa shape index (κ2) is 8.83. The Balaban J connectivity index is 1.87. The minimum absolute atomic E-state index is 0.414. The predicted molar refractivity (Wildman–Crippen MR) is 97.2 cm³/mol. The summed E-state index contributed by atoms with van der Waals surface area (Å²) in [6, 6.07) is 17.9. The van der Waals surface area contributed by atoms with Gasteiger partial charge in [0.25, 0.3) is 0 Å². The lowest BCUT2D eigenvalue weighted by atomic mass is 9.97. The van der Waals surface area contributed by atoms with E-state index in [1.165, 1.54) is 5.56 Å². The molecule has 0 aliphatic carbocycles. The maximum absolute atomic E-state index is 5.98. The van der Waals surface area contributed by atoms with Crippen molar-refractivity contribution in [3.05, 3.63) is 60.2 Å². The van der Waals surface area contributed by atoms with Crippen LogP contribution in [0.1, 0.15) is 31.7 Å². The van der Waals surface area contributed by atoms with Gasteiger partial charge in [-0.15, -0.1) is 0 Å². The third kappa shape index (κ3) is 5.33. The number of rotatable bonds is 7. The molecule has 0 aliphatic heterocycles. The van der Waals surface area contributed by atoms with E-state index in [9.17, 15) is 0 Å². The largest absolute Gasteiger partial charge is 0.492 e. The summed E-state index contributed by atoms with van der Waals surface area (Å²) < 4.78 is 5.60. The van der Waals surface area contributed by atoms with Crippen LogP contribution in [0, 0.1) is 0 Å². The number of nitrogens with zero attached hydrogens (tertiary/aromatic N) is 1. The smallest absolute Gasteiger partial charge is 0.193 e. The fourth-order valence-electron chi connectivity index (χ4n) is 2.28. The molecular weight excluding hydrogens is 286 g/mol. The van der Waals surface area contributed by atoms with E-state index in [2.05, 4.69) is 30.2 Å². The number of guanidine groups is 1. The molecule has 0 radical (unpaired) electrons. The van der Waals surface area contributed by atoms with Gasteiger partial charge in [0.15, 0.2) is 5.96 Å². The zero-order chi connectivity index (χ0) is 16.5. The molecule has 0 aliphatic rings. The summed E-state index contributed by atoms with van der Waals surface area (Å²) in [6.45, 7) is 5.40. The van der Waals surface area contributed by atoms with Crippen molar-refractivity contribution in [2.75, 3.05) is 18.5 Å². The molecule has 0 heterocycles. The first kappa shape index (κ1) is 16.9. The van der Waals surface area contributed by atoms with Crippen LogP contribution in [0.5, 0.6) is 5.75 Å². The molecule has 1 unspecified atom stereocenters. The van der Waals surface area contributed by atoms with Crippen molar-refractivity contribution in [1.82, 2.24) is 0 Å². The van der Waals surface area contributed by atoms with Crippen LogP contribution in [0.25, 0.3) is 0 Å². The van der Waals surface area contributed by atoms with Gasteiger partial charge in [-0.05, 0) is 36.1 Å². The molecule has 0 spiro atoms. The van der Waals surface area contributed by atoms with Gasteiger partial charge in [0.1, 0.15) is 12.4 Å². The van der Waals surface area contributed by atoms with E-state index >= 15 is 0 Å². The lowest BCUT2D eigenvalue weighted by Gasteiger charge is -2.16. The molecule has 0 saturated heterocycles. The number of hydrogen-bond acceptors (Lipinski definition) is 2. The average molecular weight is 311 g/mol. The molecule has 23 heavy (non-hydrogen) atoms. The molecule has 122 valence electrons. The maximum atomic E-state index is 5.98. The average Bonchev–Trinajstić information content (AvgIpc) is 2.59. The molecule has 4 heteroatoms. The minimum atomic E-state index is 0.414. The number of anilines is 1. The highest BCUT2D eigenvalue weighted by Crippen LogP contribution is 2.26. The van der Waals surface area contributed by atoms with Crippen LogP contribution in [0.3, 0.4) is 0 Å². The molecule has 4 nitrogen and oxygen atoms in total. The second-order valence-corrected chi connectivity index (χ2v) is 5.45. The fourth-order valence-corrected chi connectivity index (χ4v) is 2.28. The van der Waals surface area contributed by atoms with E-state index in [0.29, 0.717) is 25.0 Å². The summed E-state index contributed by atoms with van der Waals surface area (Å²) in [4.78, 5) is 4.32. The topological polar surface area (TPSA) is 59.6 Å². The SMILES string of the molecule is CCC(C)c1ccccc1NC(N)=NCCOc1ccccc1. The lowest BCUT2D eigenvalue weighted by molar-refractivity contribution is 0.329. The summed E-state index contributed by atoms with van der Waals surface area (Å²) in [5, 5.41) is 3.20. The Kier molecular flexibility index (Phi) is 6.48. The van der Waals surface area contributed by atoms with Crippen molar-refractivity contribution in [3.63, 3.8) is 0 Å². The van der Waals surface area contributed by atoms with Gasteiger partial charge >= 0.3 is 0 Å². The highest BCUT2D eigenvalue weighted by Gasteiger charge is 2.08. The van der Waals surface area contributed by atoms with Gasteiger partial charge in [-0.1, -0.05) is 50.2 Å². The molecular formula is C19H25N3O. The highest BCUT2D eigenvalue weighted by atomic mass is 16.5. The summed E-state index contributed by atoms with van der Waals surface area (Å²) >= 11 is 0. The Hall–Kier alpha value is -2.49. The third-order valence-electron chi connectivity index (χ3n) is 3.75. The van der Waals surface area contributed by atoms with Crippen LogP contribution >= 0.6 is 0 Å². The summed E-state index contributed by atoms with van der Waals surface area (Å²) in [5.74, 6) is 1.74. The van der Waals surface area contributed by atoms with Gasteiger partial charge in [-0.25, -0.2) is 4.99 Å². The van der Waals surface area contributed by atoms with Crippen molar-refractivity contribution >= 4 is 11.6 Å². The van der Waals surface area contributed by atoms with Crippen LogP contribution in [-0.2, 0) is 0 Å². The van der Waals surface area contributed by atoms with Crippen LogP contribution in [0.4, 0.5) is 5.69 Å². The Morgan fingerprint density at radius 1 is 1.13 bits per heavy atom. The predicted octanol–water partition coefficient (Wildman–Crippen LogP) is 4.01. The van der Waals surface area contributed by atoms with Crippen LogP contribution in [0.2, 0.25) is 0 Å². The van der Waals surface area contributed by atoms with E-state index in [0.717, 1.165) is 17.9 Å². The molecule has 3 N–H and O–H groups in total. The van der Waals surface area contributed by atoms with Crippen molar-refractivity contribution in [3.8, 4) is 5.75 Å². The second-order valence-electron chi connectivity index (χ2n) is 5.45. The zero-order valence-corrected chi connectivity index (χ0v) is 13.8. The molecule has 0 fully saturated rings. The molecule has 2 rings (SSSR count). The van der Waals surface area contributed by atoms with Gasteiger partial charge in [0.05, 0.1) is 6.54 Å². The Labute approximate surface area is 138 Å². The monoisotopic (exact) mass is 311 g/mol. The van der Waals surface area contributed by atoms with Gasteiger partial charge < -0.3 is 15.8 Å². The number of para-hydroxylation sites is 2. The van der Waals surface area contributed by atoms with Crippen LogP contribution in [0.15, 0.2) is 59.6 Å². The lowest BCUT2D eigenvalue weighted by Crippen LogP contribution is -2.24. The highest BCUT2D eigenvalue weighted by molar-refractivity contribution is 5.93. The quantitative estimate of drug-likeness (QED) is 0.461. The number of aliphatic imine (C=N–C) groups is 1. The first-order chi connectivity index (χ1) is 11.2. The normalized spacial score (nSPS) is 12.7.